The van der Waals surface area contributed by atoms with E-state index in [-0.39, 0.29) is 41.4 Å². The third-order valence-corrected chi connectivity index (χ3v) is 7.22. The summed E-state index contributed by atoms with van der Waals surface area (Å²) in [6.07, 6.45) is 5.34. The number of aliphatic hydroxyl groups excluding tert-OH is 1. The van der Waals surface area contributed by atoms with E-state index in [1.54, 1.807) is 45.1 Å². The van der Waals surface area contributed by atoms with Crippen LogP contribution in [0.25, 0.3) is 0 Å². The second-order valence-corrected chi connectivity index (χ2v) is 10.6. The molecule has 230 valence electrons. The summed E-state index contributed by atoms with van der Waals surface area (Å²) in [6.45, 7) is 10.9. The number of methoxy groups -OCH3 is 2. The molecular formula is C31H43N3O8. The Morgan fingerprint density at radius 3 is 2.50 bits per heavy atom. The van der Waals surface area contributed by atoms with E-state index in [1.807, 2.05) is 6.92 Å². The number of nitrogens with one attached hydrogen (secondary N) is 2. The quantitative estimate of drug-likeness (QED) is 0.271. The number of allylic oxidation sites excluding steroid dienone is 4. The van der Waals surface area contributed by atoms with Crippen LogP contribution in [0.4, 0.5) is 4.79 Å². The fraction of sp³-hybridized carbons (Fsp3) is 0.484. The Balaban J connectivity index is 2.62. The standard InChI is InChI=1S/C31H43N3O8/c1-8-12-33-26-21-13-17(2)14-25(41-7)27(36)19(4)15-20(5)29(42-31(32)39)24(40-6)11-9-10-18(3)30(38)34-22(28(21)37)16-23(26)35/h8-11,15-17,19,24-25,27,29,33,36H,1,12-14H2,2-7H3,(H2,32,39)(H,34,38)/b11-9-,18-10-,20-15-/t17?,19?,24-,25-,27?,29-/m0/s1. The molecule has 11 nitrogen and oxygen atoms in total. The predicted molar refractivity (Wildman–Crippen MR) is 158 cm³/mol. The lowest BCUT2D eigenvalue weighted by Crippen LogP contribution is -2.37. The summed E-state index contributed by atoms with van der Waals surface area (Å²) < 4.78 is 16.6. The highest BCUT2D eigenvalue weighted by molar-refractivity contribution is 6.23. The van der Waals surface area contributed by atoms with Gasteiger partial charge in [-0.3, -0.25) is 14.4 Å². The van der Waals surface area contributed by atoms with Crippen molar-refractivity contribution in [2.45, 2.75) is 65.0 Å². The van der Waals surface area contributed by atoms with Crippen molar-refractivity contribution in [3.8, 4) is 0 Å². The normalized spacial score (nSPS) is 31.6. The fourth-order valence-electron chi connectivity index (χ4n) is 4.95. The first kappa shape index (κ1) is 34.4. The van der Waals surface area contributed by atoms with Crippen molar-refractivity contribution in [3.63, 3.8) is 0 Å². The van der Waals surface area contributed by atoms with E-state index in [2.05, 4.69) is 17.2 Å². The van der Waals surface area contributed by atoms with E-state index >= 15 is 0 Å². The number of Topliss-reactive ketones (excluding diaryl/α,β-unsaturated/α-hetero) is 1. The van der Waals surface area contributed by atoms with Crippen LogP contribution in [0.5, 0.6) is 0 Å². The molecule has 2 amide bonds. The van der Waals surface area contributed by atoms with Crippen molar-refractivity contribution in [2.75, 3.05) is 20.8 Å². The maximum atomic E-state index is 13.5. The van der Waals surface area contributed by atoms with Crippen LogP contribution >= 0.6 is 0 Å². The predicted octanol–water partition coefficient (Wildman–Crippen LogP) is 2.54. The monoisotopic (exact) mass is 585 g/mol. The molecule has 11 heteroatoms. The number of ketones is 2. The first-order valence-corrected chi connectivity index (χ1v) is 13.8. The Hall–Kier alpha value is -3.80. The molecule has 3 unspecified atom stereocenters. The second kappa shape index (κ2) is 16.0. The lowest BCUT2D eigenvalue weighted by Gasteiger charge is -2.30. The molecule has 1 heterocycles. The van der Waals surface area contributed by atoms with Gasteiger partial charge in [-0.25, -0.2) is 4.79 Å². The minimum absolute atomic E-state index is 0.132. The van der Waals surface area contributed by atoms with Crippen LogP contribution in [-0.2, 0) is 28.6 Å². The Morgan fingerprint density at radius 2 is 1.90 bits per heavy atom. The van der Waals surface area contributed by atoms with Crippen LogP contribution in [-0.4, -0.2) is 73.9 Å². The SMILES string of the molecule is C=CCNC1=C2CC(C)C[C@H](OC)C(O)C(C)/C=C(/C)[C@H](OC(N)=O)[C@@H](OC)/C=C\C=C(\C)C(=O)NC(=CC1=O)C2=O. The van der Waals surface area contributed by atoms with Crippen LogP contribution in [0.3, 0.4) is 0 Å². The summed E-state index contributed by atoms with van der Waals surface area (Å²) >= 11 is 0. The molecule has 0 spiro atoms. The number of nitrogens with two attached hydrogens (primary N) is 1. The van der Waals surface area contributed by atoms with E-state index in [9.17, 15) is 24.3 Å². The molecule has 0 saturated carbocycles. The van der Waals surface area contributed by atoms with Crippen LogP contribution in [0.1, 0.15) is 40.5 Å². The summed E-state index contributed by atoms with van der Waals surface area (Å²) in [6, 6.07) is 0. The van der Waals surface area contributed by atoms with E-state index in [1.165, 1.54) is 20.3 Å². The number of fused-ring (bicyclic) bond motifs is 2. The molecular weight excluding hydrogens is 542 g/mol. The molecule has 5 N–H and O–H groups in total. The molecule has 0 aromatic carbocycles. The lowest BCUT2D eigenvalue weighted by atomic mass is 9.85. The van der Waals surface area contributed by atoms with Gasteiger partial charge in [-0.2, -0.15) is 0 Å². The number of ether oxygens (including phenoxy) is 3. The summed E-state index contributed by atoms with van der Waals surface area (Å²) in [7, 11) is 2.92. The topological polar surface area (TPSA) is 166 Å². The molecule has 0 saturated heterocycles. The Bertz CT molecular complexity index is 1210. The number of hydrogen-bond donors (Lipinski definition) is 4. The third-order valence-electron chi connectivity index (χ3n) is 7.22. The Labute approximate surface area is 247 Å². The molecule has 0 aromatic rings. The van der Waals surface area contributed by atoms with Gasteiger partial charge in [-0.15, -0.1) is 6.58 Å². The first-order chi connectivity index (χ1) is 19.8. The van der Waals surface area contributed by atoms with E-state index in [4.69, 9.17) is 19.9 Å². The third kappa shape index (κ3) is 9.10. The van der Waals surface area contributed by atoms with Gasteiger partial charge in [0.05, 0.1) is 23.6 Å². The van der Waals surface area contributed by atoms with Gasteiger partial charge in [0, 0.05) is 43.9 Å². The van der Waals surface area contributed by atoms with Gasteiger partial charge in [-0.05, 0) is 38.2 Å². The van der Waals surface area contributed by atoms with E-state index in [0.717, 1.165) is 6.08 Å². The minimum Gasteiger partial charge on any atom is -0.439 e. The van der Waals surface area contributed by atoms with Crippen molar-refractivity contribution >= 4 is 23.6 Å². The van der Waals surface area contributed by atoms with Crippen molar-refractivity contribution in [1.82, 2.24) is 10.6 Å². The molecule has 0 fully saturated rings. The van der Waals surface area contributed by atoms with Crippen LogP contribution in [0.15, 0.2) is 71.1 Å². The number of primary amides is 1. The van der Waals surface area contributed by atoms with Crippen molar-refractivity contribution in [3.05, 3.63) is 71.1 Å². The Morgan fingerprint density at radius 1 is 1.21 bits per heavy atom. The van der Waals surface area contributed by atoms with Gasteiger partial charge in [0.15, 0.2) is 6.10 Å². The maximum absolute atomic E-state index is 13.5. The van der Waals surface area contributed by atoms with E-state index < -0.39 is 53.9 Å². The number of carbonyl (C=O) groups is 4. The minimum atomic E-state index is -1.00. The molecule has 42 heavy (non-hydrogen) atoms. The van der Waals surface area contributed by atoms with Crippen LogP contribution < -0.4 is 16.4 Å². The number of carbonyl (C=O) groups excluding carboxylic acids is 4. The molecule has 1 aliphatic heterocycles. The smallest absolute Gasteiger partial charge is 0.405 e. The van der Waals surface area contributed by atoms with Crippen LogP contribution in [0.2, 0.25) is 0 Å². The summed E-state index contributed by atoms with van der Waals surface area (Å²) in [5.74, 6) is -2.14. The zero-order chi connectivity index (χ0) is 31.6. The average Bonchev–Trinajstić information content (AvgIpc) is 2.94. The number of amides is 2. The molecule has 1 aliphatic carbocycles. The zero-order valence-electron chi connectivity index (χ0n) is 25.1. The number of aliphatic hydroxyl groups is 1. The summed E-state index contributed by atoms with van der Waals surface area (Å²) in [4.78, 5) is 51.3. The zero-order valence-corrected chi connectivity index (χ0v) is 25.1. The lowest BCUT2D eigenvalue weighted by molar-refractivity contribution is -0.120. The van der Waals surface area contributed by atoms with Crippen molar-refractivity contribution in [2.24, 2.45) is 17.6 Å². The summed E-state index contributed by atoms with van der Waals surface area (Å²) in [5, 5.41) is 16.7. The van der Waals surface area contributed by atoms with Gasteiger partial charge >= 0.3 is 6.09 Å². The van der Waals surface area contributed by atoms with Gasteiger partial charge in [0.1, 0.15) is 6.10 Å². The average molecular weight is 586 g/mol. The number of hydrogen-bond acceptors (Lipinski definition) is 9. The van der Waals surface area contributed by atoms with Crippen molar-refractivity contribution < 1.29 is 38.5 Å². The molecule has 0 radical (unpaired) electrons. The van der Waals surface area contributed by atoms with Crippen molar-refractivity contribution in [1.29, 1.82) is 0 Å². The molecule has 0 aromatic heterocycles. The second-order valence-electron chi connectivity index (χ2n) is 10.6. The highest BCUT2D eigenvalue weighted by atomic mass is 16.6. The highest BCUT2D eigenvalue weighted by Crippen LogP contribution is 2.28. The molecule has 2 aliphatic rings. The fourth-order valence-corrected chi connectivity index (χ4v) is 4.95. The van der Waals surface area contributed by atoms with Gasteiger partial charge in [-0.1, -0.05) is 44.2 Å². The van der Waals surface area contributed by atoms with Crippen LogP contribution in [0, 0.1) is 11.8 Å². The van der Waals surface area contributed by atoms with Gasteiger partial charge in [0.25, 0.3) is 5.91 Å². The van der Waals surface area contributed by atoms with Gasteiger partial charge < -0.3 is 35.7 Å². The largest absolute Gasteiger partial charge is 0.439 e. The number of rotatable bonds is 6. The molecule has 2 bridgehead atoms. The molecule has 2 rings (SSSR count). The van der Waals surface area contributed by atoms with Gasteiger partial charge in [0.2, 0.25) is 11.6 Å². The Kier molecular flexibility index (Phi) is 13.1. The first-order valence-electron chi connectivity index (χ1n) is 13.8. The highest BCUT2D eigenvalue weighted by Gasteiger charge is 2.33. The van der Waals surface area contributed by atoms with E-state index in [0.29, 0.717) is 12.0 Å². The molecule has 6 atom stereocenters. The summed E-state index contributed by atoms with van der Waals surface area (Å²) in [5.41, 5.74) is 6.42. The maximum Gasteiger partial charge on any atom is 0.405 e.